The smallest absolute Gasteiger partial charge is 0.220 e. The molecular weight excluding hydrogens is 1230 g/mol. The van der Waals surface area contributed by atoms with E-state index in [1.807, 2.05) is 6.08 Å². The van der Waals surface area contributed by atoms with Gasteiger partial charge < -0.3 is 65.1 Å². The second-order valence-corrected chi connectivity index (χ2v) is 26.4. The molecule has 2 aliphatic rings. The lowest BCUT2D eigenvalue weighted by Crippen LogP contribution is -2.65. The molecule has 0 aliphatic carbocycles. The van der Waals surface area contributed by atoms with E-state index < -0.39 is 86.8 Å². The fourth-order valence-electron chi connectivity index (χ4n) is 11.6. The number of aliphatic hydroxyl groups excluding tert-OH is 8. The summed E-state index contributed by atoms with van der Waals surface area (Å²) in [4.78, 5) is 13.4. The summed E-state index contributed by atoms with van der Waals surface area (Å²) in [5.41, 5.74) is 0. The fourth-order valence-corrected chi connectivity index (χ4v) is 11.6. The van der Waals surface area contributed by atoms with E-state index in [2.05, 4.69) is 165 Å². The van der Waals surface area contributed by atoms with Gasteiger partial charge in [-0.3, -0.25) is 4.79 Å². The van der Waals surface area contributed by atoms with E-state index in [1.54, 1.807) is 6.08 Å². The van der Waals surface area contributed by atoms with Crippen LogP contribution in [0.5, 0.6) is 0 Å². The van der Waals surface area contributed by atoms with E-state index >= 15 is 0 Å². The minimum atomic E-state index is -1.80. The molecule has 1 amide bonds. The highest BCUT2D eigenvalue weighted by atomic mass is 16.7. The van der Waals surface area contributed by atoms with E-state index in [4.69, 9.17) is 18.9 Å². The average molecular weight is 1370 g/mol. The molecule has 558 valence electrons. The second-order valence-electron chi connectivity index (χ2n) is 26.4. The predicted octanol–water partition coefficient (Wildman–Crippen LogP) is 17.3. The summed E-state index contributed by atoms with van der Waals surface area (Å²) >= 11 is 0. The maximum Gasteiger partial charge on any atom is 0.220 e. The number of hydrogen-bond acceptors (Lipinski definition) is 13. The van der Waals surface area contributed by atoms with Crippen molar-refractivity contribution in [3.8, 4) is 0 Å². The largest absolute Gasteiger partial charge is 0.394 e. The highest BCUT2D eigenvalue weighted by Crippen LogP contribution is 2.30. The molecule has 12 unspecified atom stereocenters. The summed E-state index contributed by atoms with van der Waals surface area (Å²) < 4.78 is 22.9. The number of hydrogen-bond donors (Lipinski definition) is 9. The van der Waals surface area contributed by atoms with Gasteiger partial charge >= 0.3 is 0 Å². The first-order chi connectivity index (χ1) is 48.1. The zero-order chi connectivity index (χ0) is 70.8. The molecule has 2 saturated heterocycles. The van der Waals surface area contributed by atoms with Crippen molar-refractivity contribution in [1.29, 1.82) is 0 Å². The monoisotopic (exact) mass is 1370 g/mol. The Bertz CT molecular complexity index is 2260. The lowest BCUT2D eigenvalue weighted by molar-refractivity contribution is -0.359. The Morgan fingerprint density at radius 3 is 1.12 bits per heavy atom. The topological polar surface area (TPSA) is 228 Å². The Kier molecular flexibility index (Phi) is 60.3. The molecule has 0 aromatic heterocycles. The Hall–Kier alpha value is -4.39. The first kappa shape index (κ1) is 89.7. The quantitative estimate of drug-likeness (QED) is 0.0204. The van der Waals surface area contributed by atoms with Gasteiger partial charge in [0.1, 0.15) is 48.8 Å². The number of allylic oxidation sites excluding steroid dienone is 25. The van der Waals surface area contributed by atoms with Crippen molar-refractivity contribution >= 4 is 5.91 Å². The third-order valence-electron chi connectivity index (χ3n) is 17.7. The standard InChI is InChI=1S/C84H139NO13/c1-3-5-7-9-11-13-15-17-19-21-23-25-27-29-30-31-32-33-34-35-36-37-38-39-40-41-42-44-46-48-50-52-54-56-58-60-62-64-66-68-76(89)85-72(71-95-83-81(94)79(92)82(75(70-87)97-83)98-84-80(93)78(91)77(90)74(69-86)96-84)73(88)67-65-63-61-59-57-55-53-51-49-47-45-43-28-26-24-22-20-18-16-14-12-10-8-6-4-2/h5,7,11,13,17,19,23,25,29-30,32-33,35-36,38-39,41-42,46,48,52,54,57,59,65,67,72-75,77-84,86-88,90-94H,3-4,6,8-10,12,14-16,18,20-22,24,26-28,31,34,37,40,43-45,47,49-51,53,55-56,58,60-64,66,68-71H2,1-2H3,(H,85,89)/b7-5-,13-11-,19-17-,25-23-,30-29-,33-32-,36-35-,39-38-,42-41-,48-46-,54-52-,59-57+,67-65+. The highest BCUT2D eigenvalue weighted by Gasteiger charge is 2.51. The van der Waals surface area contributed by atoms with Crippen LogP contribution in [-0.4, -0.2) is 140 Å². The molecule has 0 aromatic carbocycles. The molecule has 2 fully saturated rings. The predicted molar refractivity (Wildman–Crippen MR) is 405 cm³/mol. The summed E-state index contributed by atoms with van der Waals surface area (Å²) in [5, 5.41) is 87.6. The van der Waals surface area contributed by atoms with Crippen LogP contribution in [0.15, 0.2) is 158 Å². The molecule has 2 aliphatic heterocycles. The number of ether oxygens (including phenoxy) is 4. The number of carbonyl (C=O) groups excluding carboxylic acids is 1. The van der Waals surface area contributed by atoms with Gasteiger partial charge in [0, 0.05) is 6.42 Å². The lowest BCUT2D eigenvalue weighted by atomic mass is 9.97. The zero-order valence-corrected chi connectivity index (χ0v) is 61.0. The summed E-state index contributed by atoms with van der Waals surface area (Å²) in [7, 11) is 0. The van der Waals surface area contributed by atoms with E-state index in [9.17, 15) is 45.6 Å². The van der Waals surface area contributed by atoms with Crippen LogP contribution in [0, 0.1) is 0 Å². The van der Waals surface area contributed by atoms with Gasteiger partial charge in [-0.2, -0.15) is 0 Å². The summed E-state index contributed by atoms with van der Waals surface area (Å²) in [6, 6.07) is -0.956. The van der Waals surface area contributed by atoms with Crippen molar-refractivity contribution in [2.75, 3.05) is 19.8 Å². The van der Waals surface area contributed by atoms with E-state index in [0.717, 1.165) is 116 Å². The molecule has 2 rings (SSSR count). The van der Waals surface area contributed by atoms with Crippen LogP contribution in [0.1, 0.15) is 271 Å². The van der Waals surface area contributed by atoms with Crippen molar-refractivity contribution in [3.05, 3.63) is 158 Å². The van der Waals surface area contributed by atoms with Gasteiger partial charge in [0.2, 0.25) is 5.91 Å². The molecule has 0 bridgehead atoms. The second kappa shape index (κ2) is 65.9. The van der Waals surface area contributed by atoms with Gasteiger partial charge in [-0.1, -0.05) is 307 Å². The Labute approximate surface area is 595 Å². The van der Waals surface area contributed by atoms with Gasteiger partial charge in [0.15, 0.2) is 12.6 Å². The van der Waals surface area contributed by atoms with Gasteiger partial charge in [0.05, 0.1) is 32.0 Å². The van der Waals surface area contributed by atoms with Crippen LogP contribution < -0.4 is 5.32 Å². The fraction of sp³-hybridized carbons (Fsp3) is 0.679. The van der Waals surface area contributed by atoms with Crippen LogP contribution in [0.3, 0.4) is 0 Å². The van der Waals surface area contributed by atoms with Crippen molar-refractivity contribution in [3.63, 3.8) is 0 Å². The van der Waals surface area contributed by atoms with Gasteiger partial charge in [-0.15, -0.1) is 0 Å². The number of amides is 1. The van der Waals surface area contributed by atoms with Crippen LogP contribution in [0.25, 0.3) is 0 Å². The minimum absolute atomic E-state index is 0.241. The van der Waals surface area contributed by atoms with E-state index in [-0.39, 0.29) is 18.9 Å². The summed E-state index contributed by atoms with van der Waals surface area (Å²) in [6.07, 6.45) is 84.5. The average Bonchev–Trinajstić information content (AvgIpc) is 0.793. The molecule has 0 radical (unpaired) electrons. The third-order valence-corrected chi connectivity index (χ3v) is 17.7. The van der Waals surface area contributed by atoms with E-state index in [0.29, 0.717) is 12.8 Å². The molecule has 0 aromatic rings. The zero-order valence-electron chi connectivity index (χ0n) is 61.0. The molecule has 12 atom stereocenters. The lowest BCUT2D eigenvalue weighted by Gasteiger charge is -2.46. The first-order valence-electron chi connectivity index (χ1n) is 38.7. The molecule has 0 saturated carbocycles. The molecule has 0 spiro atoms. The van der Waals surface area contributed by atoms with Crippen molar-refractivity contribution in [2.45, 2.75) is 344 Å². The number of aliphatic hydroxyl groups is 8. The highest BCUT2D eigenvalue weighted by molar-refractivity contribution is 5.76. The molecular formula is C84H139NO13. The van der Waals surface area contributed by atoms with E-state index in [1.165, 1.54) is 122 Å². The molecule has 98 heavy (non-hydrogen) atoms. The molecule has 14 heteroatoms. The van der Waals surface area contributed by atoms with Crippen LogP contribution in [0.4, 0.5) is 0 Å². The number of carbonyl (C=O) groups is 1. The van der Waals surface area contributed by atoms with Crippen molar-refractivity contribution in [1.82, 2.24) is 5.32 Å². The van der Waals surface area contributed by atoms with Crippen LogP contribution in [0.2, 0.25) is 0 Å². The van der Waals surface area contributed by atoms with Gasteiger partial charge in [0.25, 0.3) is 0 Å². The Balaban J connectivity index is 1.67. The van der Waals surface area contributed by atoms with Gasteiger partial charge in [-0.25, -0.2) is 0 Å². The molecule has 9 N–H and O–H groups in total. The maximum absolute atomic E-state index is 13.4. The summed E-state index contributed by atoms with van der Waals surface area (Å²) in [5.74, 6) is -0.272. The Morgan fingerprint density at radius 1 is 0.378 bits per heavy atom. The van der Waals surface area contributed by atoms with Gasteiger partial charge in [-0.05, 0) is 116 Å². The number of nitrogens with one attached hydrogen (secondary N) is 1. The summed E-state index contributed by atoms with van der Waals surface area (Å²) in [6.45, 7) is 2.67. The Morgan fingerprint density at radius 2 is 0.714 bits per heavy atom. The number of unbranched alkanes of at least 4 members (excludes halogenated alkanes) is 25. The van der Waals surface area contributed by atoms with Crippen LogP contribution >= 0.6 is 0 Å². The molecule has 14 nitrogen and oxygen atoms in total. The van der Waals surface area contributed by atoms with Crippen LogP contribution in [-0.2, 0) is 23.7 Å². The minimum Gasteiger partial charge on any atom is -0.394 e. The maximum atomic E-state index is 13.4. The third kappa shape index (κ3) is 48.4. The SMILES string of the molecule is CC/C=C\C/C=C\C/C=C\C/C=C\C/C=C\C/C=C\C/C=C\C/C=C\C/C=C\C/C=C\C/C=C\CCCCCCCC(=O)NC(COC1OC(CO)C(OC2OC(CO)C(O)C(O)C2O)C(O)C1O)C(O)/C=C/CC/C=C/CCCCCCCCCCCCCCCCCCCCC. The van der Waals surface area contributed by atoms with Crippen molar-refractivity contribution in [2.24, 2.45) is 0 Å². The normalized spacial score (nSPS) is 23.0. The molecule has 2 heterocycles. The number of rotatable bonds is 62. The van der Waals surface area contributed by atoms with Crippen molar-refractivity contribution < 1.29 is 64.6 Å². The first-order valence-corrected chi connectivity index (χ1v) is 38.7.